The maximum atomic E-state index is 13.7. The van der Waals surface area contributed by atoms with Crippen LogP contribution in [0.25, 0.3) is 0 Å². The molecule has 0 aliphatic carbocycles. The van der Waals surface area contributed by atoms with Crippen LogP contribution < -0.4 is 0 Å². The molecule has 0 saturated carbocycles. The van der Waals surface area contributed by atoms with E-state index in [1.54, 1.807) is 19.0 Å². The normalized spacial score (nSPS) is 19.3. The van der Waals surface area contributed by atoms with Crippen LogP contribution in [0.5, 0.6) is 0 Å². The Balaban J connectivity index is 1.68. The van der Waals surface area contributed by atoms with E-state index in [2.05, 4.69) is 15.4 Å². The van der Waals surface area contributed by atoms with E-state index in [-0.39, 0.29) is 42.7 Å². The number of carbonyl (C=O) groups excluding carboxylic acids is 1. The first-order chi connectivity index (χ1) is 19.1. The van der Waals surface area contributed by atoms with Crippen molar-refractivity contribution in [3.05, 3.63) is 81.9 Å². The van der Waals surface area contributed by atoms with Gasteiger partial charge in [0.15, 0.2) is 12.0 Å². The summed E-state index contributed by atoms with van der Waals surface area (Å²) in [6.45, 7) is 1.71. The Kier molecular flexibility index (Phi) is 8.70. The van der Waals surface area contributed by atoms with Crippen LogP contribution in [0.15, 0.2) is 42.5 Å². The third kappa shape index (κ3) is 7.02. The molecule has 4 rings (SSSR count). The minimum absolute atomic E-state index is 0.0426. The van der Waals surface area contributed by atoms with E-state index in [9.17, 15) is 35.5 Å². The zero-order chi connectivity index (χ0) is 30.1. The number of morpholine rings is 1. The van der Waals surface area contributed by atoms with Crippen LogP contribution in [0.1, 0.15) is 57.5 Å². The van der Waals surface area contributed by atoms with Crippen LogP contribution in [0.3, 0.4) is 0 Å². The summed E-state index contributed by atoms with van der Waals surface area (Å²) >= 11 is 0. The number of rotatable bonds is 7. The first-order valence-corrected chi connectivity index (χ1v) is 12.3. The fraction of sp³-hybridized carbons (Fsp3) is 0.423. The summed E-state index contributed by atoms with van der Waals surface area (Å²) in [4.78, 5) is 15.7. The number of hydrogen-bond donors (Lipinski definition) is 1. The number of nitrogens with one attached hydrogen (secondary N) is 1. The van der Waals surface area contributed by atoms with Crippen molar-refractivity contribution >= 4 is 5.91 Å². The SMILES string of the molecule is C[C@@H](O[C@H]1OCCN(Cc2n[nH]nc2C(=O)N(C)C)[C@H]1c1ccc(F)cc1)c1cc(C(F)(F)F)cc(C(F)(F)F)c1. The van der Waals surface area contributed by atoms with Crippen molar-refractivity contribution in [2.24, 2.45) is 0 Å². The summed E-state index contributed by atoms with van der Waals surface area (Å²) in [6.07, 6.45) is -12.5. The summed E-state index contributed by atoms with van der Waals surface area (Å²) in [5.41, 5.74) is -2.45. The number of carbonyl (C=O) groups is 1. The molecule has 2 aromatic carbocycles. The maximum absolute atomic E-state index is 13.7. The monoisotopic (exact) mass is 589 g/mol. The largest absolute Gasteiger partial charge is 0.416 e. The fourth-order valence-corrected chi connectivity index (χ4v) is 4.44. The maximum Gasteiger partial charge on any atom is 0.416 e. The van der Waals surface area contributed by atoms with Crippen LogP contribution in [0, 0.1) is 5.82 Å². The Bertz CT molecular complexity index is 1330. The van der Waals surface area contributed by atoms with Gasteiger partial charge in [-0.25, -0.2) is 4.39 Å². The van der Waals surface area contributed by atoms with Crippen molar-refractivity contribution in [3.63, 3.8) is 0 Å². The molecule has 1 N–H and O–H groups in total. The molecule has 8 nitrogen and oxygen atoms in total. The van der Waals surface area contributed by atoms with Gasteiger partial charge < -0.3 is 14.4 Å². The van der Waals surface area contributed by atoms with Gasteiger partial charge >= 0.3 is 12.4 Å². The first-order valence-electron chi connectivity index (χ1n) is 12.3. The number of nitrogens with zero attached hydrogens (tertiary/aromatic N) is 4. The first kappa shape index (κ1) is 30.4. The average molecular weight is 590 g/mol. The number of hydrogen-bond acceptors (Lipinski definition) is 6. The second-order valence-corrected chi connectivity index (χ2v) is 9.64. The molecule has 15 heteroatoms. The van der Waals surface area contributed by atoms with Gasteiger partial charge in [-0.1, -0.05) is 12.1 Å². The molecule has 0 unspecified atom stereocenters. The number of benzene rings is 2. The molecule has 0 radical (unpaired) electrons. The minimum Gasteiger partial charge on any atom is -0.349 e. The van der Waals surface area contributed by atoms with Gasteiger partial charge in [0.2, 0.25) is 0 Å². The van der Waals surface area contributed by atoms with Gasteiger partial charge in [-0.05, 0) is 48.4 Å². The summed E-state index contributed by atoms with van der Waals surface area (Å²) < 4.78 is 106. The molecule has 1 aliphatic heterocycles. The highest BCUT2D eigenvalue weighted by molar-refractivity contribution is 5.92. The average Bonchev–Trinajstić information content (AvgIpc) is 3.35. The molecule has 0 spiro atoms. The Morgan fingerprint density at radius 3 is 2.24 bits per heavy atom. The van der Waals surface area contributed by atoms with E-state index in [0.29, 0.717) is 17.7 Å². The second kappa shape index (κ2) is 11.7. The lowest BCUT2D eigenvalue weighted by Gasteiger charge is -2.41. The Labute approximate surface area is 230 Å². The molecule has 1 amide bonds. The number of halogens is 7. The lowest BCUT2D eigenvalue weighted by Crippen LogP contribution is -2.46. The summed E-state index contributed by atoms with van der Waals surface area (Å²) in [7, 11) is 3.08. The van der Waals surface area contributed by atoms with Crippen LogP contribution in [-0.4, -0.2) is 64.7 Å². The Morgan fingerprint density at radius 1 is 1.07 bits per heavy atom. The third-order valence-electron chi connectivity index (χ3n) is 6.52. The molecule has 1 aliphatic rings. The molecule has 1 aromatic heterocycles. The molecule has 41 heavy (non-hydrogen) atoms. The van der Waals surface area contributed by atoms with Crippen molar-refractivity contribution in [2.45, 2.75) is 44.3 Å². The third-order valence-corrected chi connectivity index (χ3v) is 6.52. The van der Waals surface area contributed by atoms with E-state index in [1.165, 1.54) is 36.1 Å². The van der Waals surface area contributed by atoms with E-state index >= 15 is 0 Å². The fourth-order valence-electron chi connectivity index (χ4n) is 4.44. The van der Waals surface area contributed by atoms with Gasteiger partial charge in [0.1, 0.15) is 11.5 Å². The van der Waals surface area contributed by atoms with Gasteiger partial charge in [-0.3, -0.25) is 9.69 Å². The number of H-pyrrole nitrogens is 1. The van der Waals surface area contributed by atoms with Gasteiger partial charge in [0, 0.05) is 27.2 Å². The quantitative estimate of drug-likeness (QED) is 0.374. The van der Waals surface area contributed by atoms with Crippen molar-refractivity contribution < 1.29 is 45.0 Å². The summed E-state index contributed by atoms with van der Waals surface area (Å²) in [5.74, 6) is -0.936. The van der Waals surface area contributed by atoms with E-state index in [0.717, 1.165) is 0 Å². The van der Waals surface area contributed by atoms with Crippen molar-refractivity contribution in [1.82, 2.24) is 25.2 Å². The molecule has 0 bridgehead atoms. The number of amides is 1. The predicted octanol–water partition coefficient (Wildman–Crippen LogP) is 5.36. The molecular formula is C26H26F7N5O3. The highest BCUT2D eigenvalue weighted by atomic mass is 19.4. The van der Waals surface area contributed by atoms with Crippen molar-refractivity contribution in [2.75, 3.05) is 27.2 Å². The standard InChI is InChI=1S/C26H26F7N5O3/c1-14(16-10-17(25(28,29)30)12-18(11-16)26(31,32)33)41-24-22(15-4-6-19(27)7-5-15)38(8-9-40-24)13-20-21(35-36-34-20)23(39)37(2)3/h4-7,10-12,14,22,24H,8-9,13H2,1-3H3,(H,34,35,36)/t14-,22+,24-/m1/s1. The lowest BCUT2D eigenvalue weighted by molar-refractivity contribution is -0.231. The van der Waals surface area contributed by atoms with E-state index in [1.807, 2.05) is 0 Å². The number of aromatic nitrogens is 3. The summed E-state index contributed by atoms with van der Waals surface area (Å²) in [6, 6.07) is 5.75. The highest BCUT2D eigenvalue weighted by Gasteiger charge is 2.40. The molecule has 222 valence electrons. The van der Waals surface area contributed by atoms with Crippen molar-refractivity contribution in [3.8, 4) is 0 Å². The predicted molar refractivity (Wildman–Crippen MR) is 130 cm³/mol. The van der Waals surface area contributed by atoms with Gasteiger partial charge in [0.25, 0.3) is 5.91 Å². The topological polar surface area (TPSA) is 83.6 Å². The van der Waals surface area contributed by atoms with E-state index in [4.69, 9.17) is 9.47 Å². The van der Waals surface area contributed by atoms with Gasteiger partial charge in [-0.2, -0.15) is 41.8 Å². The van der Waals surface area contributed by atoms with E-state index < -0.39 is 53.6 Å². The summed E-state index contributed by atoms with van der Waals surface area (Å²) in [5, 5.41) is 10.4. The minimum atomic E-state index is -5.02. The second-order valence-electron chi connectivity index (χ2n) is 9.64. The van der Waals surface area contributed by atoms with Crippen LogP contribution in [0.2, 0.25) is 0 Å². The lowest BCUT2D eigenvalue weighted by atomic mass is 10.0. The smallest absolute Gasteiger partial charge is 0.349 e. The zero-order valence-electron chi connectivity index (χ0n) is 22.1. The molecule has 1 fully saturated rings. The number of alkyl halides is 6. The van der Waals surface area contributed by atoms with Crippen LogP contribution in [0.4, 0.5) is 30.7 Å². The zero-order valence-corrected chi connectivity index (χ0v) is 22.1. The molecule has 1 saturated heterocycles. The van der Waals surface area contributed by atoms with Gasteiger partial charge in [-0.15, -0.1) is 0 Å². The Hall–Kier alpha value is -3.56. The molecule has 2 heterocycles. The van der Waals surface area contributed by atoms with Crippen molar-refractivity contribution in [1.29, 1.82) is 0 Å². The molecule has 3 aromatic rings. The van der Waals surface area contributed by atoms with Gasteiger partial charge in [0.05, 0.1) is 29.9 Å². The number of ether oxygens (including phenoxy) is 2. The number of aromatic amines is 1. The van der Waals surface area contributed by atoms with Crippen LogP contribution >= 0.6 is 0 Å². The highest BCUT2D eigenvalue weighted by Crippen LogP contribution is 2.40. The van der Waals surface area contributed by atoms with Crippen LogP contribution in [-0.2, 0) is 28.4 Å². The molecule has 3 atom stereocenters. The Morgan fingerprint density at radius 2 is 1.68 bits per heavy atom. The molecular weight excluding hydrogens is 563 g/mol.